The van der Waals surface area contributed by atoms with Crippen LogP contribution in [0.4, 0.5) is 0 Å². The van der Waals surface area contributed by atoms with E-state index in [9.17, 15) is 4.79 Å². The Morgan fingerprint density at radius 1 is 1.67 bits per heavy atom. The maximum Gasteiger partial charge on any atom is 0.248 e. The third-order valence-corrected chi connectivity index (χ3v) is 2.15. The maximum atomic E-state index is 10.9. The van der Waals surface area contributed by atoms with E-state index >= 15 is 0 Å². The van der Waals surface area contributed by atoms with Crippen LogP contribution in [0.15, 0.2) is 0 Å². The molecule has 0 bridgehead atoms. The lowest BCUT2D eigenvalue weighted by Crippen LogP contribution is -2.49. The summed E-state index contributed by atoms with van der Waals surface area (Å²) in [5, 5.41) is 11.6. The normalized spacial score (nSPS) is 30.6. The molecular weight excluding hydrogens is 158 g/mol. The number of carbonyl (C=O) groups is 1. The molecule has 2 N–H and O–H groups in total. The highest BCUT2D eigenvalue weighted by molar-refractivity contribution is 5.80. The van der Waals surface area contributed by atoms with Crippen LogP contribution in [0.1, 0.15) is 19.8 Å². The van der Waals surface area contributed by atoms with Gasteiger partial charge >= 0.3 is 0 Å². The van der Waals surface area contributed by atoms with Crippen molar-refractivity contribution in [3.8, 4) is 0 Å². The number of aliphatic hydroxyl groups excluding tert-OH is 1. The first-order chi connectivity index (χ1) is 5.63. The summed E-state index contributed by atoms with van der Waals surface area (Å²) in [6.07, 6.45) is 1.08. The van der Waals surface area contributed by atoms with Crippen LogP contribution in [0.25, 0.3) is 0 Å². The second-order valence-corrected chi connectivity index (χ2v) is 3.21. The lowest BCUT2D eigenvalue weighted by atomic mass is 9.89. The monoisotopic (exact) mass is 173 g/mol. The van der Waals surface area contributed by atoms with Crippen LogP contribution in [-0.2, 0) is 9.53 Å². The van der Waals surface area contributed by atoms with Crippen molar-refractivity contribution in [2.24, 2.45) is 0 Å². The van der Waals surface area contributed by atoms with E-state index in [1.807, 2.05) is 0 Å². The molecule has 1 aliphatic carbocycles. The average Bonchev–Trinajstić information content (AvgIpc) is 1.94. The van der Waals surface area contributed by atoms with E-state index in [1.54, 1.807) is 7.11 Å². The molecule has 1 amide bonds. The van der Waals surface area contributed by atoms with Gasteiger partial charge in [0.15, 0.2) is 0 Å². The minimum atomic E-state index is -0.911. The van der Waals surface area contributed by atoms with Crippen molar-refractivity contribution in [2.75, 3.05) is 7.11 Å². The Morgan fingerprint density at radius 3 is 2.67 bits per heavy atom. The van der Waals surface area contributed by atoms with Crippen LogP contribution in [0.5, 0.6) is 0 Å². The molecule has 0 spiro atoms. The molecule has 1 saturated carbocycles. The maximum absolute atomic E-state index is 10.9. The Bertz CT molecular complexity index is 164. The van der Waals surface area contributed by atoms with Crippen LogP contribution in [0.2, 0.25) is 0 Å². The van der Waals surface area contributed by atoms with Gasteiger partial charge in [-0.15, -0.1) is 0 Å². The summed E-state index contributed by atoms with van der Waals surface area (Å²) in [6, 6.07) is 0.192. The fourth-order valence-corrected chi connectivity index (χ4v) is 1.20. The number of nitrogens with one attached hydrogen (secondary N) is 1. The van der Waals surface area contributed by atoms with Gasteiger partial charge in [-0.25, -0.2) is 0 Å². The quantitative estimate of drug-likeness (QED) is 0.614. The van der Waals surface area contributed by atoms with Crippen LogP contribution in [0, 0.1) is 0 Å². The van der Waals surface area contributed by atoms with E-state index in [0.29, 0.717) is 0 Å². The van der Waals surface area contributed by atoms with E-state index in [-0.39, 0.29) is 18.1 Å². The first-order valence-electron chi connectivity index (χ1n) is 4.14. The fraction of sp³-hybridized carbons (Fsp3) is 0.875. The van der Waals surface area contributed by atoms with Crippen molar-refractivity contribution in [1.82, 2.24) is 5.32 Å². The largest absolute Gasteiger partial charge is 0.384 e. The molecule has 4 nitrogen and oxygen atoms in total. The highest BCUT2D eigenvalue weighted by atomic mass is 16.5. The SMILES string of the molecule is COC1CC(NC(=O)[C@H](C)O)C1. The number of rotatable bonds is 3. The van der Waals surface area contributed by atoms with Gasteiger partial charge in [-0.3, -0.25) is 4.79 Å². The van der Waals surface area contributed by atoms with Gasteiger partial charge in [0.1, 0.15) is 6.10 Å². The summed E-state index contributed by atoms with van der Waals surface area (Å²) >= 11 is 0. The summed E-state index contributed by atoms with van der Waals surface area (Å²) in [5.74, 6) is -0.297. The molecule has 0 heterocycles. The van der Waals surface area contributed by atoms with E-state index < -0.39 is 6.10 Å². The van der Waals surface area contributed by atoms with E-state index in [4.69, 9.17) is 9.84 Å². The zero-order valence-corrected chi connectivity index (χ0v) is 7.41. The molecule has 1 atom stereocenters. The molecule has 0 saturated heterocycles. The van der Waals surface area contributed by atoms with Gasteiger partial charge in [0.05, 0.1) is 6.10 Å². The molecule has 0 radical (unpaired) electrons. The number of amides is 1. The highest BCUT2D eigenvalue weighted by Crippen LogP contribution is 2.22. The van der Waals surface area contributed by atoms with Crippen LogP contribution in [-0.4, -0.2) is 36.4 Å². The smallest absolute Gasteiger partial charge is 0.248 e. The topological polar surface area (TPSA) is 58.6 Å². The number of methoxy groups -OCH3 is 1. The molecule has 0 aromatic rings. The van der Waals surface area contributed by atoms with Gasteiger partial charge in [-0.05, 0) is 19.8 Å². The van der Waals surface area contributed by atoms with E-state index in [0.717, 1.165) is 12.8 Å². The Hall–Kier alpha value is -0.610. The lowest BCUT2D eigenvalue weighted by molar-refractivity contribution is -0.130. The molecule has 0 aromatic heterocycles. The summed E-state index contributed by atoms with van der Waals surface area (Å²) < 4.78 is 5.04. The fourth-order valence-electron chi connectivity index (χ4n) is 1.20. The minimum Gasteiger partial charge on any atom is -0.384 e. The van der Waals surface area contributed by atoms with E-state index in [1.165, 1.54) is 6.92 Å². The summed E-state index contributed by atoms with van der Waals surface area (Å²) in [4.78, 5) is 10.9. The predicted octanol–water partition coefficient (Wildman–Crippen LogP) is -0.339. The molecule has 0 aliphatic heterocycles. The molecule has 4 heteroatoms. The minimum absolute atomic E-state index is 0.192. The van der Waals surface area contributed by atoms with Gasteiger partial charge in [-0.1, -0.05) is 0 Å². The van der Waals surface area contributed by atoms with Gasteiger partial charge in [0.2, 0.25) is 5.91 Å². The van der Waals surface area contributed by atoms with Crippen LogP contribution < -0.4 is 5.32 Å². The molecule has 1 rings (SSSR count). The number of hydrogen-bond acceptors (Lipinski definition) is 3. The van der Waals surface area contributed by atoms with Crippen molar-refractivity contribution in [1.29, 1.82) is 0 Å². The first-order valence-corrected chi connectivity index (χ1v) is 4.14. The van der Waals surface area contributed by atoms with E-state index in [2.05, 4.69) is 5.32 Å². The third kappa shape index (κ3) is 2.19. The molecule has 70 valence electrons. The summed E-state index contributed by atoms with van der Waals surface area (Å²) in [5.41, 5.74) is 0. The third-order valence-electron chi connectivity index (χ3n) is 2.15. The van der Waals surface area contributed by atoms with Crippen molar-refractivity contribution >= 4 is 5.91 Å². The Labute approximate surface area is 71.9 Å². The zero-order valence-electron chi connectivity index (χ0n) is 7.41. The van der Waals surface area contributed by atoms with Gasteiger partial charge in [0, 0.05) is 13.2 Å². The molecule has 0 aromatic carbocycles. The number of ether oxygens (including phenoxy) is 1. The van der Waals surface area contributed by atoms with Crippen LogP contribution >= 0.6 is 0 Å². The second-order valence-electron chi connectivity index (χ2n) is 3.21. The van der Waals surface area contributed by atoms with Crippen molar-refractivity contribution < 1.29 is 14.6 Å². The summed E-state index contributed by atoms with van der Waals surface area (Å²) in [7, 11) is 1.66. The van der Waals surface area contributed by atoms with Crippen molar-refractivity contribution in [3.05, 3.63) is 0 Å². The standard InChI is InChI=1S/C8H15NO3/c1-5(10)8(11)9-6-3-7(4-6)12-2/h5-7,10H,3-4H2,1-2H3,(H,9,11)/t5-,6?,7?/m0/s1. The van der Waals surface area contributed by atoms with Crippen LogP contribution in [0.3, 0.4) is 0 Å². The lowest BCUT2D eigenvalue weighted by Gasteiger charge is -2.34. The Morgan fingerprint density at radius 2 is 2.25 bits per heavy atom. The molecule has 1 fully saturated rings. The first kappa shape index (κ1) is 9.48. The zero-order chi connectivity index (χ0) is 9.14. The van der Waals surface area contributed by atoms with Gasteiger partial charge in [-0.2, -0.15) is 0 Å². The predicted molar refractivity (Wildman–Crippen MR) is 43.6 cm³/mol. The molecule has 0 unspecified atom stereocenters. The van der Waals surface area contributed by atoms with Crippen molar-refractivity contribution in [2.45, 2.75) is 38.0 Å². The van der Waals surface area contributed by atoms with Crippen molar-refractivity contribution in [3.63, 3.8) is 0 Å². The molecule has 1 aliphatic rings. The molecule has 12 heavy (non-hydrogen) atoms. The van der Waals surface area contributed by atoms with Gasteiger partial charge in [0.25, 0.3) is 0 Å². The Balaban J connectivity index is 2.14. The number of hydrogen-bond donors (Lipinski definition) is 2. The number of carbonyl (C=O) groups excluding carboxylic acids is 1. The number of aliphatic hydroxyl groups is 1. The van der Waals surface area contributed by atoms with Gasteiger partial charge < -0.3 is 15.2 Å². The highest BCUT2D eigenvalue weighted by Gasteiger charge is 2.30. The average molecular weight is 173 g/mol. The second kappa shape index (κ2) is 3.87. The Kier molecular flexibility index (Phi) is 3.05. The summed E-state index contributed by atoms with van der Waals surface area (Å²) in [6.45, 7) is 1.46. The molecular formula is C8H15NO3.